The van der Waals surface area contributed by atoms with E-state index < -0.39 is 5.97 Å². The molecule has 3 rings (SSSR count). The number of benzene rings is 1. The van der Waals surface area contributed by atoms with E-state index in [2.05, 4.69) is 23.7 Å². The van der Waals surface area contributed by atoms with E-state index in [1.54, 1.807) is 0 Å². The normalized spacial score (nSPS) is 22.5. The highest BCUT2D eigenvalue weighted by atomic mass is 16.4. The number of carbonyl (C=O) groups is 1. The highest BCUT2D eigenvalue weighted by molar-refractivity contribution is 6.04. The summed E-state index contributed by atoms with van der Waals surface area (Å²) in [5.41, 5.74) is 1.98. The van der Waals surface area contributed by atoms with Gasteiger partial charge >= 0.3 is 5.97 Å². The van der Waals surface area contributed by atoms with E-state index in [0.29, 0.717) is 17.4 Å². The summed E-state index contributed by atoms with van der Waals surface area (Å²) in [6, 6.07) is 7.77. The summed E-state index contributed by atoms with van der Waals surface area (Å²) in [5.74, 6) is 0.337. The summed E-state index contributed by atoms with van der Waals surface area (Å²) in [5, 5.41) is 10.4. The molecule has 2 heterocycles. The van der Waals surface area contributed by atoms with Gasteiger partial charge in [0.05, 0.1) is 11.2 Å². The average molecular weight is 284 g/mol. The summed E-state index contributed by atoms with van der Waals surface area (Å²) in [6.45, 7) is 6.31. The molecule has 1 aliphatic heterocycles. The van der Waals surface area contributed by atoms with E-state index in [1.807, 2.05) is 24.3 Å². The van der Waals surface area contributed by atoms with Crippen LogP contribution >= 0.6 is 0 Å². The lowest BCUT2D eigenvalue weighted by atomic mass is 9.88. The Morgan fingerprint density at radius 3 is 2.76 bits per heavy atom. The predicted octanol–water partition coefficient (Wildman–Crippen LogP) is 3.42. The summed E-state index contributed by atoms with van der Waals surface area (Å²) in [7, 11) is 0. The van der Waals surface area contributed by atoms with E-state index >= 15 is 0 Å². The molecule has 21 heavy (non-hydrogen) atoms. The van der Waals surface area contributed by atoms with Gasteiger partial charge in [0.1, 0.15) is 5.56 Å². The van der Waals surface area contributed by atoms with Crippen molar-refractivity contribution >= 4 is 22.6 Å². The van der Waals surface area contributed by atoms with Crippen LogP contribution in [0.3, 0.4) is 0 Å². The Bertz CT molecular complexity index is 684. The number of rotatable bonds is 2. The van der Waals surface area contributed by atoms with Crippen molar-refractivity contribution in [2.45, 2.75) is 20.3 Å². The third kappa shape index (κ3) is 2.46. The van der Waals surface area contributed by atoms with Crippen molar-refractivity contribution in [1.29, 1.82) is 0 Å². The number of pyridine rings is 1. The zero-order valence-electron chi connectivity index (χ0n) is 12.4. The maximum Gasteiger partial charge on any atom is 0.339 e. The number of hydrogen-bond donors (Lipinski definition) is 1. The van der Waals surface area contributed by atoms with Gasteiger partial charge in [-0.05, 0) is 24.3 Å². The SMILES string of the molecule is CC1CCN(c2c(C(=O)O)cnc3ccccc23)CC1C. The Hall–Kier alpha value is -2.10. The largest absolute Gasteiger partial charge is 0.478 e. The van der Waals surface area contributed by atoms with Gasteiger partial charge in [-0.25, -0.2) is 4.79 Å². The Kier molecular flexibility index (Phi) is 3.53. The number of fused-ring (bicyclic) bond motifs is 1. The first-order chi connectivity index (χ1) is 10.1. The second-order valence-corrected chi connectivity index (χ2v) is 6.03. The van der Waals surface area contributed by atoms with Gasteiger partial charge in [0.2, 0.25) is 0 Å². The number of aromatic carboxylic acids is 1. The number of hydrogen-bond acceptors (Lipinski definition) is 3. The molecule has 2 aromatic rings. The van der Waals surface area contributed by atoms with Gasteiger partial charge in [0, 0.05) is 24.7 Å². The third-order valence-corrected chi connectivity index (χ3v) is 4.63. The number of piperidine rings is 1. The quantitative estimate of drug-likeness (QED) is 0.918. The van der Waals surface area contributed by atoms with Crippen LogP contribution in [0.2, 0.25) is 0 Å². The van der Waals surface area contributed by atoms with E-state index in [0.717, 1.165) is 36.1 Å². The molecule has 4 heteroatoms. The van der Waals surface area contributed by atoms with Crippen molar-refractivity contribution in [2.24, 2.45) is 11.8 Å². The number of nitrogens with zero attached hydrogens (tertiary/aromatic N) is 2. The van der Waals surface area contributed by atoms with Gasteiger partial charge in [-0.2, -0.15) is 0 Å². The van der Waals surface area contributed by atoms with Crippen LogP contribution in [0.1, 0.15) is 30.6 Å². The van der Waals surface area contributed by atoms with Crippen LogP contribution < -0.4 is 4.90 Å². The van der Waals surface area contributed by atoms with Crippen LogP contribution in [0, 0.1) is 11.8 Å². The van der Waals surface area contributed by atoms with E-state index in [9.17, 15) is 9.90 Å². The van der Waals surface area contributed by atoms with Crippen LogP contribution in [0.15, 0.2) is 30.5 Å². The highest BCUT2D eigenvalue weighted by Crippen LogP contribution is 2.34. The predicted molar refractivity (Wildman–Crippen MR) is 83.9 cm³/mol. The topological polar surface area (TPSA) is 53.4 Å². The maximum atomic E-state index is 11.6. The molecule has 1 N–H and O–H groups in total. The van der Waals surface area contributed by atoms with Crippen LogP contribution in [-0.2, 0) is 0 Å². The zero-order valence-corrected chi connectivity index (χ0v) is 12.4. The van der Waals surface area contributed by atoms with Gasteiger partial charge in [-0.1, -0.05) is 32.0 Å². The van der Waals surface area contributed by atoms with E-state index in [1.165, 1.54) is 6.20 Å². The van der Waals surface area contributed by atoms with Crippen molar-refractivity contribution in [3.63, 3.8) is 0 Å². The summed E-state index contributed by atoms with van der Waals surface area (Å²) in [4.78, 5) is 18.1. The molecule has 1 saturated heterocycles. The van der Waals surface area contributed by atoms with Crippen molar-refractivity contribution in [1.82, 2.24) is 4.98 Å². The van der Waals surface area contributed by atoms with Gasteiger partial charge in [-0.3, -0.25) is 4.98 Å². The number of carboxylic acid groups (broad SMARTS) is 1. The minimum absolute atomic E-state index is 0.301. The standard InChI is InChI=1S/C17H20N2O2/c1-11-7-8-19(10-12(11)2)16-13-5-3-4-6-15(13)18-9-14(16)17(20)21/h3-6,9,11-12H,7-8,10H2,1-2H3,(H,20,21). The van der Waals surface area contributed by atoms with E-state index in [-0.39, 0.29) is 0 Å². The molecule has 110 valence electrons. The second-order valence-electron chi connectivity index (χ2n) is 6.03. The Balaban J connectivity index is 2.14. The van der Waals surface area contributed by atoms with Gasteiger partial charge < -0.3 is 10.0 Å². The fourth-order valence-corrected chi connectivity index (χ4v) is 3.09. The first-order valence-electron chi connectivity index (χ1n) is 7.44. The van der Waals surface area contributed by atoms with Crippen LogP contribution in [0.5, 0.6) is 0 Å². The molecule has 1 aliphatic rings. The highest BCUT2D eigenvalue weighted by Gasteiger charge is 2.27. The molecule has 0 spiro atoms. The fraction of sp³-hybridized carbons (Fsp3) is 0.412. The number of para-hydroxylation sites is 1. The second kappa shape index (κ2) is 5.35. The third-order valence-electron chi connectivity index (χ3n) is 4.63. The van der Waals surface area contributed by atoms with Gasteiger partial charge in [0.25, 0.3) is 0 Å². The minimum Gasteiger partial charge on any atom is -0.478 e. The number of aromatic nitrogens is 1. The van der Waals surface area contributed by atoms with Crippen molar-refractivity contribution in [3.8, 4) is 0 Å². The van der Waals surface area contributed by atoms with Crippen molar-refractivity contribution in [3.05, 3.63) is 36.0 Å². The average Bonchev–Trinajstić information content (AvgIpc) is 2.49. The molecule has 1 aromatic heterocycles. The Morgan fingerprint density at radius 1 is 1.29 bits per heavy atom. The monoisotopic (exact) mass is 284 g/mol. The smallest absolute Gasteiger partial charge is 0.339 e. The summed E-state index contributed by atoms with van der Waals surface area (Å²) >= 11 is 0. The lowest BCUT2D eigenvalue weighted by Gasteiger charge is -2.37. The van der Waals surface area contributed by atoms with Gasteiger partial charge in [-0.15, -0.1) is 0 Å². The summed E-state index contributed by atoms with van der Waals surface area (Å²) < 4.78 is 0. The van der Waals surface area contributed by atoms with E-state index in [4.69, 9.17) is 0 Å². The molecule has 0 saturated carbocycles. The molecule has 4 nitrogen and oxygen atoms in total. The lowest BCUT2D eigenvalue weighted by molar-refractivity contribution is 0.0697. The molecule has 1 fully saturated rings. The fourth-order valence-electron chi connectivity index (χ4n) is 3.09. The van der Waals surface area contributed by atoms with Crippen molar-refractivity contribution in [2.75, 3.05) is 18.0 Å². The molecule has 0 amide bonds. The maximum absolute atomic E-state index is 11.6. The number of anilines is 1. The minimum atomic E-state index is -0.908. The summed E-state index contributed by atoms with van der Waals surface area (Å²) in [6.07, 6.45) is 2.58. The zero-order chi connectivity index (χ0) is 15.0. The molecule has 0 aliphatic carbocycles. The van der Waals surface area contributed by atoms with Gasteiger partial charge in [0.15, 0.2) is 0 Å². The van der Waals surface area contributed by atoms with Crippen LogP contribution in [0.4, 0.5) is 5.69 Å². The molecular weight excluding hydrogens is 264 g/mol. The molecule has 0 bridgehead atoms. The van der Waals surface area contributed by atoms with Crippen LogP contribution in [-0.4, -0.2) is 29.1 Å². The molecular formula is C17H20N2O2. The van der Waals surface area contributed by atoms with Crippen LogP contribution in [0.25, 0.3) is 10.9 Å². The molecule has 2 unspecified atom stereocenters. The first-order valence-corrected chi connectivity index (χ1v) is 7.44. The van der Waals surface area contributed by atoms with Crippen molar-refractivity contribution < 1.29 is 9.90 Å². The Morgan fingerprint density at radius 2 is 2.05 bits per heavy atom. The Labute approximate surface area is 124 Å². The lowest BCUT2D eigenvalue weighted by Crippen LogP contribution is -2.39. The number of carboxylic acids is 1. The molecule has 2 atom stereocenters. The molecule has 0 radical (unpaired) electrons. The first kappa shape index (κ1) is 13.9. The molecule has 1 aromatic carbocycles.